The molecule has 2 aromatic carbocycles. The number of amides is 1. The lowest BCUT2D eigenvalue weighted by atomic mass is 10.1. The first-order valence-corrected chi connectivity index (χ1v) is 9.62. The van der Waals surface area contributed by atoms with Gasteiger partial charge in [-0.1, -0.05) is 48.3 Å². The number of hydrogen-bond acceptors (Lipinski definition) is 3. The van der Waals surface area contributed by atoms with Crippen LogP contribution in [0.4, 0.5) is 11.4 Å². The third kappa shape index (κ3) is 4.70. The molecule has 6 heteroatoms. The summed E-state index contributed by atoms with van der Waals surface area (Å²) in [5, 5.41) is 4.11. The maximum atomic E-state index is 12.5. The van der Waals surface area contributed by atoms with Gasteiger partial charge in [-0.05, 0) is 36.4 Å². The number of hydrogen-bond donors (Lipinski definition) is 1. The van der Waals surface area contributed by atoms with Crippen molar-refractivity contribution in [3.05, 3.63) is 58.1 Å². The minimum atomic E-state index is -0.0890. The molecule has 1 N–H and O–H groups in total. The van der Waals surface area contributed by atoms with Crippen LogP contribution in [0.1, 0.15) is 12.5 Å². The molecule has 1 amide bonds. The molecule has 0 aliphatic carbocycles. The summed E-state index contributed by atoms with van der Waals surface area (Å²) >= 11 is 12.1. The second-order valence-corrected chi connectivity index (χ2v) is 7.24. The van der Waals surface area contributed by atoms with Crippen LogP contribution in [0.3, 0.4) is 0 Å². The van der Waals surface area contributed by atoms with Crippen molar-refractivity contribution in [1.29, 1.82) is 0 Å². The summed E-state index contributed by atoms with van der Waals surface area (Å²) < 4.78 is 0. The maximum Gasteiger partial charge on any atom is 0.228 e. The summed E-state index contributed by atoms with van der Waals surface area (Å²) in [5.74, 6) is -0.0890. The molecular weight excluding hydrogens is 369 g/mol. The van der Waals surface area contributed by atoms with E-state index in [2.05, 4.69) is 28.1 Å². The largest absolute Gasteiger partial charge is 0.367 e. The molecule has 0 unspecified atom stereocenters. The Kier molecular flexibility index (Phi) is 6.41. The van der Waals surface area contributed by atoms with Crippen LogP contribution >= 0.6 is 23.2 Å². The van der Waals surface area contributed by atoms with Crippen molar-refractivity contribution in [1.82, 2.24) is 4.90 Å². The topological polar surface area (TPSA) is 35.6 Å². The van der Waals surface area contributed by atoms with Crippen LogP contribution in [0, 0.1) is 0 Å². The number of piperazine rings is 1. The van der Waals surface area contributed by atoms with E-state index in [1.807, 2.05) is 18.2 Å². The highest BCUT2D eigenvalue weighted by molar-refractivity contribution is 6.35. The van der Waals surface area contributed by atoms with Crippen LogP contribution in [-0.2, 0) is 11.2 Å². The summed E-state index contributed by atoms with van der Waals surface area (Å²) in [7, 11) is 0. The first-order valence-electron chi connectivity index (χ1n) is 8.87. The number of likely N-dealkylation sites (N-methyl/N-ethyl adjacent to an activating group) is 1. The number of carbonyl (C=O) groups excluding carboxylic acids is 1. The molecule has 0 saturated carbocycles. The van der Waals surface area contributed by atoms with Crippen molar-refractivity contribution in [3.63, 3.8) is 0 Å². The van der Waals surface area contributed by atoms with Crippen molar-refractivity contribution in [2.45, 2.75) is 13.3 Å². The van der Waals surface area contributed by atoms with Crippen LogP contribution < -0.4 is 10.2 Å². The monoisotopic (exact) mass is 391 g/mol. The normalized spacial score (nSPS) is 15.1. The lowest BCUT2D eigenvalue weighted by Crippen LogP contribution is -2.46. The predicted molar refractivity (Wildman–Crippen MR) is 110 cm³/mol. The molecule has 26 heavy (non-hydrogen) atoms. The number of carbonyl (C=O) groups is 1. The fraction of sp³-hybridized carbons (Fsp3) is 0.350. The van der Waals surface area contributed by atoms with E-state index in [1.165, 1.54) is 0 Å². The summed E-state index contributed by atoms with van der Waals surface area (Å²) in [6, 6.07) is 13.2. The standard InChI is InChI=1S/C20H23Cl2N3O/c1-2-24-9-11-25(12-10-24)19-6-4-3-5-18(19)23-20(26)13-15-7-8-16(21)14-17(15)22/h3-8,14H,2,9-13H2,1H3,(H,23,26). The molecule has 0 radical (unpaired) electrons. The van der Waals surface area contributed by atoms with Gasteiger partial charge in [0.05, 0.1) is 17.8 Å². The number of nitrogens with zero attached hydrogens (tertiary/aromatic N) is 2. The average molecular weight is 392 g/mol. The van der Waals surface area contributed by atoms with Gasteiger partial charge < -0.3 is 15.1 Å². The van der Waals surface area contributed by atoms with Gasteiger partial charge in [-0.15, -0.1) is 0 Å². The molecule has 4 nitrogen and oxygen atoms in total. The van der Waals surface area contributed by atoms with Gasteiger partial charge in [-0.2, -0.15) is 0 Å². The van der Waals surface area contributed by atoms with Crippen molar-refractivity contribution in [3.8, 4) is 0 Å². The summed E-state index contributed by atoms with van der Waals surface area (Å²) in [4.78, 5) is 17.3. The Balaban J connectivity index is 1.69. The van der Waals surface area contributed by atoms with Gasteiger partial charge in [-0.3, -0.25) is 4.79 Å². The first-order chi connectivity index (χ1) is 12.6. The second kappa shape index (κ2) is 8.76. The van der Waals surface area contributed by atoms with Gasteiger partial charge in [0.15, 0.2) is 0 Å². The van der Waals surface area contributed by atoms with E-state index >= 15 is 0 Å². The Morgan fingerprint density at radius 3 is 2.50 bits per heavy atom. The van der Waals surface area contributed by atoms with E-state index < -0.39 is 0 Å². The smallest absolute Gasteiger partial charge is 0.228 e. The average Bonchev–Trinajstić information content (AvgIpc) is 2.65. The predicted octanol–water partition coefficient (Wildman–Crippen LogP) is 4.32. The van der Waals surface area contributed by atoms with Gasteiger partial charge in [-0.25, -0.2) is 0 Å². The lowest BCUT2D eigenvalue weighted by molar-refractivity contribution is -0.115. The molecule has 1 aliphatic rings. The number of para-hydroxylation sites is 2. The zero-order valence-corrected chi connectivity index (χ0v) is 16.4. The molecule has 2 aromatic rings. The van der Waals surface area contributed by atoms with Gasteiger partial charge in [0.1, 0.15) is 0 Å². The van der Waals surface area contributed by atoms with Crippen LogP contribution in [0.5, 0.6) is 0 Å². The van der Waals surface area contributed by atoms with Crippen LogP contribution in [-0.4, -0.2) is 43.5 Å². The Hall–Kier alpha value is -1.75. The Morgan fingerprint density at radius 1 is 1.08 bits per heavy atom. The SMILES string of the molecule is CCN1CCN(c2ccccc2NC(=O)Cc2ccc(Cl)cc2Cl)CC1. The molecule has 0 atom stereocenters. The zero-order chi connectivity index (χ0) is 18.5. The minimum Gasteiger partial charge on any atom is -0.367 e. The van der Waals surface area contributed by atoms with E-state index in [-0.39, 0.29) is 12.3 Å². The lowest BCUT2D eigenvalue weighted by Gasteiger charge is -2.36. The quantitative estimate of drug-likeness (QED) is 0.824. The van der Waals surface area contributed by atoms with Gasteiger partial charge >= 0.3 is 0 Å². The third-order valence-corrected chi connectivity index (χ3v) is 5.29. The molecular formula is C20H23Cl2N3O. The summed E-state index contributed by atoms with van der Waals surface area (Å²) in [6.45, 7) is 7.27. The fourth-order valence-corrected chi connectivity index (χ4v) is 3.67. The second-order valence-electron chi connectivity index (χ2n) is 6.40. The number of benzene rings is 2. The van der Waals surface area contributed by atoms with E-state index in [1.54, 1.807) is 18.2 Å². The molecule has 1 saturated heterocycles. The maximum absolute atomic E-state index is 12.5. The van der Waals surface area contributed by atoms with E-state index in [0.717, 1.165) is 49.7 Å². The van der Waals surface area contributed by atoms with Crippen molar-refractivity contribution in [2.24, 2.45) is 0 Å². The zero-order valence-electron chi connectivity index (χ0n) is 14.8. The Bertz CT molecular complexity index is 773. The number of nitrogens with one attached hydrogen (secondary N) is 1. The van der Waals surface area contributed by atoms with Crippen molar-refractivity contribution >= 4 is 40.5 Å². The minimum absolute atomic E-state index is 0.0890. The van der Waals surface area contributed by atoms with Crippen LogP contribution in [0.2, 0.25) is 10.0 Å². The number of halogens is 2. The molecule has 138 valence electrons. The van der Waals surface area contributed by atoms with Crippen molar-refractivity contribution in [2.75, 3.05) is 42.9 Å². The molecule has 0 bridgehead atoms. The van der Waals surface area contributed by atoms with Gasteiger partial charge in [0.2, 0.25) is 5.91 Å². The molecule has 0 aromatic heterocycles. The van der Waals surface area contributed by atoms with E-state index in [4.69, 9.17) is 23.2 Å². The molecule has 3 rings (SSSR count). The van der Waals surface area contributed by atoms with Gasteiger partial charge in [0, 0.05) is 36.2 Å². The summed E-state index contributed by atoms with van der Waals surface area (Å²) in [6.07, 6.45) is 0.216. The third-order valence-electron chi connectivity index (χ3n) is 4.70. The van der Waals surface area contributed by atoms with Crippen LogP contribution in [0.15, 0.2) is 42.5 Å². The molecule has 0 spiro atoms. The highest BCUT2D eigenvalue weighted by Crippen LogP contribution is 2.27. The Morgan fingerprint density at radius 2 is 1.81 bits per heavy atom. The molecule has 1 fully saturated rings. The first kappa shape index (κ1) is 19.0. The Labute approximate surface area is 164 Å². The molecule has 1 aliphatic heterocycles. The van der Waals surface area contributed by atoms with Crippen molar-refractivity contribution < 1.29 is 4.79 Å². The molecule has 1 heterocycles. The van der Waals surface area contributed by atoms with E-state index in [0.29, 0.717) is 10.0 Å². The highest BCUT2D eigenvalue weighted by Gasteiger charge is 2.19. The summed E-state index contributed by atoms with van der Waals surface area (Å²) in [5.41, 5.74) is 2.67. The highest BCUT2D eigenvalue weighted by atomic mass is 35.5. The number of anilines is 2. The van der Waals surface area contributed by atoms with Crippen LogP contribution in [0.25, 0.3) is 0 Å². The van der Waals surface area contributed by atoms with Gasteiger partial charge in [0.25, 0.3) is 0 Å². The number of rotatable bonds is 5. The van der Waals surface area contributed by atoms with E-state index in [9.17, 15) is 4.79 Å². The fourth-order valence-electron chi connectivity index (χ4n) is 3.19.